The number of hydrogen-bond acceptors (Lipinski definition) is 3. The van der Waals surface area contributed by atoms with E-state index < -0.39 is 0 Å². The zero-order chi connectivity index (χ0) is 15.1. The summed E-state index contributed by atoms with van der Waals surface area (Å²) >= 11 is 3.51. The average molecular weight is 348 g/mol. The highest BCUT2D eigenvalue weighted by Gasteiger charge is 2.01. The molecule has 0 unspecified atom stereocenters. The quantitative estimate of drug-likeness (QED) is 0.462. The van der Waals surface area contributed by atoms with E-state index in [4.69, 9.17) is 9.94 Å². The molecule has 0 spiro atoms. The molecule has 2 aromatic rings. The Morgan fingerprint density at radius 2 is 1.86 bits per heavy atom. The second-order valence-corrected chi connectivity index (χ2v) is 5.71. The first-order valence-electron chi connectivity index (χ1n) is 6.81. The van der Waals surface area contributed by atoms with Gasteiger partial charge in [-0.3, -0.25) is 0 Å². The molecule has 0 aromatic heterocycles. The van der Waals surface area contributed by atoms with E-state index in [1.165, 1.54) is 5.56 Å². The first-order chi connectivity index (χ1) is 10.2. The van der Waals surface area contributed by atoms with E-state index in [0.717, 1.165) is 34.3 Å². The van der Waals surface area contributed by atoms with Gasteiger partial charge in [0.25, 0.3) is 0 Å². The molecule has 0 saturated heterocycles. The molecule has 21 heavy (non-hydrogen) atoms. The number of oxime groups is 1. The molecular weight excluding hydrogens is 330 g/mol. The van der Waals surface area contributed by atoms with Gasteiger partial charge in [-0.15, -0.1) is 0 Å². The van der Waals surface area contributed by atoms with Crippen LogP contribution in [-0.4, -0.2) is 10.9 Å². The Labute approximate surface area is 133 Å². The van der Waals surface area contributed by atoms with Crippen LogP contribution in [0.1, 0.15) is 24.5 Å². The lowest BCUT2D eigenvalue weighted by molar-refractivity contribution is 0.305. The summed E-state index contributed by atoms with van der Waals surface area (Å²) in [6.07, 6.45) is 1.62. The van der Waals surface area contributed by atoms with Crippen LogP contribution in [0.3, 0.4) is 0 Å². The normalized spacial score (nSPS) is 11.4. The van der Waals surface area contributed by atoms with E-state index in [9.17, 15) is 0 Å². The third-order valence-electron chi connectivity index (χ3n) is 3.22. The molecule has 1 N–H and O–H groups in total. The Morgan fingerprint density at radius 3 is 2.52 bits per heavy atom. The molecule has 0 bridgehead atoms. The lowest BCUT2D eigenvalue weighted by atomic mass is 10.1. The van der Waals surface area contributed by atoms with Crippen LogP contribution in [0, 0.1) is 0 Å². The molecule has 0 heterocycles. The van der Waals surface area contributed by atoms with Gasteiger partial charge in [-0.1, -0.05) is 51.4 Å². The largest absolute Gasteiger partial charge is 0.489 e. The Bertz CT molecular complexity index is 608. The zero-order valence-electron chi connectivity index (χ0n) is 11.9. The van der Waals surface area contributed by atoms with Gasteiger partial charge in [-0.05, 0) is 43.5 Å². The van der Waals surface area contributed by atoms with Gasteiger partial charge < -0.3 is 9.94 Å². The lowest BCUT2D eigenvalue weighted by Gasteiger charge is -2.08. The first-order valence-corrected chi connectivity index (χ1v) is 7.61. The third-order valence-corrected chi connectivity index (χ3v) is 4.00. The minimum Gasteiger partial charge on any atom is -0.489 e. The predicted molar refractivity (Wildman–Crippen MR) is 88.1 cm³/mol. The molecule has 0 aliphatic rings. The number of benzene rings is 2. The number of aryl methyl sites for hydroxylation is 1. The molecule has 3 nitrogen and oxygen atoms in total. The highest BCUT2D eigenvalue weighted by Crippen LogP contribution is 2.19. The van der Waals surface area contributed by atoms with Gasteiger partial charge in [-0.2, -0.15) is 0 Å². The number of nitrogens with zero attached hydrogens (tertiary/aromatic N) is 1. The Balaban J connectivity index is 1.89. The van der Waals surface area contributed by atoms with Crippen LogP contribution in [-0.2, 0) is 13.0 Å². The van der Waals surface area contributed by atoms with Crippen LogP contribution in [0.5, 0.6) is 5.75 Å². The van der Waals surface area contributed by atoms with Crippen molar-refractivity contribution in [2.45, 2.75) is 26.4 Å². The average Bonchev–Trinajstić information content (AvgIpc) is 2.53. The van der Waals surface area contributed by atoms with Crippen LogP contribution in [0.2, 0.25) is 0 Å². The molecule has 110 valence electrons. The predicted octanol–water partition coefficient (Wildman–Crippen LogP) is 4.81. The number of hydrogen-bond donors (Lipinski definition) is 1. The van der Waals surface area contributed by atoms with Gasteiger partial charge >= 0.3 is 0 Å². The van der Waals surface area contributed by atoms with Crippen molar-refractivity contribution in [3.8, 4) is 5.75 Å². The summed E-state index contributed by atoms with van der Waals surface area (Å²) in [6.45, 7) is 2.35. The molecule has 2 aromatic carbocycles. The topological polar surface area (TPSA) is 41.8 Å². The highest BCUT2D eigenvalue weighted by atomic mass is 79.9. The van der Waals surface area contributed by atoms with Crippen LogP contribution < -0.4 is 4.74 Å². The molecule has 0 aliphatic heterocycles. The third kappa shape index (κ3) is 4.90. The van der Waals surface area contributed by atoms with Crippen LogP contribution in [0.25, 0.3) is 0 Å². The summed E-state index contributed by atoms with van der Waals surface area (Å²) in [6, 6.07) is 16.1. The monoisotopic (exact) mass is 347 g/mol. The van der Waals surface area contributed by atoms with Gasteiger partial charge in [-0.25, -0.2) is 0 Å². The molecule has 0 saturated carbocycles. The van der Waals surface area contributed by atoms with E-state index >= 15 is 0 Å². The SMILES string of the molecule is C/C(CCc1ccc(OCc2ccccc2Br)cc1)=N\O. The number of ether oxygens (including phenoxy) is 1. The van der Waals surface area contributed by atoms with E-state index in [1.54, 1.807) is 0 Å². The molecular formula is C17H18BrNO2. The summed E-state index contributed by atoms with van der Waals surface area (Å²) in [5.74, 6) is 0.849. The highest BCUT2D eigenvalue weighted by molar-refractivity contribution is 9.10. The number of rotatable bonds is 6. The van der Waals surface area contributed by atoms with Crippen molar-refractivity contribution in [2.24, 2.45) is 5.16 Å². The van der Waals surface area contributed by atoms with Crippen molar-refractivity contribution >= 4 is 21.6 Å². The second kappa shape index (κ2) is 7.84. The molecule has 0 fully saturated rings. The first kappa shape index (κ1) is 15.6. The fraction of sp³-hybridized carbons (Fsp3) is 0.235. The van der Waals surface area contributed by atoms with Gasteiger partial charge in [0.05, 0.1) is 5.71 Å². The fourth-order valence-corrected chi connectivity index (χ4v) is 2.30. The summed E-state index contributed by atoms with van der Waals surface area (Å²) in [5.41, 5.74) is 3.06. The van der Waals surface area contributed by atoms with Crippen LogP contribution in [0.15, 0.2) is 58.2 Å². The van der Waals surface area contributed by atoms with Crippen molar-refractivity contribution in [3.63, 3.8) is 0 Å². The van der Waals surface area contributed by atoms with Crippen molar-refractivity contribution in [2.75, 3.05) is 0 Å². The Hall–Kier alpha value is -1.81. The molecule has 0 radical (unpaired) electrons. The van der Waals surface area contributed by atoms with E-state index in [0.29, 0.717) is 6.61 Å². The molecule has 2 rings (SSSR count). The van der Waals surface area contributed by atoms with Crippen molar-refractivity contribution in [3.05, 3.63) is 64.1 Å². The van der Waals surface area contributed by atoms with Gasteiger partial charge in [0.1, 0.15) is 12.4 Å². The van der Waals surface area contributed by atoms with Crippen molar-refractivity contribution in [1.29, 1.82) is 0 Å². The van der Waals surface area contributed by atoms with Crippen molar-refractivity contribution < 1.29 is 9.94 Å². The van der Waals surface area contributed by atoms with E-state index in [-0.39, 0.29) is 0 Å². The standard InChI is InChI=1S/C17H18BrNO2/c1-13(19-20)6-7-14-8-10-16(11-9-14)21-12-15-4-2-3-5-17(15)18/h2-5,8-11,20H,6-7,12H2,1H3/b19-13+. The summed E-state index contributed by atoms with van der Waals surface area (Å²) in [7, 11) is 0. The maximum Gasteiger partial charge on any atom is 0.119 e. The maximum atomic E-state index is 8.62. The molecule has 0 atom stereocenters. The molecule has 0 amide bonds. The van der Waals surface area contributed by atoms with Crippen LogP contribution in [0.4, 0.5) is 0 Å². The summed E-state index contributed by atoms with van der Waals surface area (Å²) in [4.78, 5) is 0. The summed E-state index contributed by atoms with van der Waals surface area (Å²) in [5, 5.41) is 11.8. The molecule has 0 aliphatic carbocycles. The van der Waals surface area contributed by atoms with E-state index in [2.05, 4.69) is 21.1 Å². The van der Waals surface area contributed by atoms with Gasteiger partial charge in [0.2, 0.25) is 0 Å². The Kier molecular flexibility index (Phi) is 5.81. The minimum atomic E-state index is 0.539. The minimum absolute atomic E-state index is 0.539. The zero-order valence-corrected chi connectivity index (χ0v) is 13.5. The molecule has 4 heteroatoms. The smallest absolute Gasteiger partial charge is 0.119 e. The lowest BCUT2D eigenvalue weighted by Crippen LogP contribution is -1.97. The maximum absolute atomic E-state index is 8.62. The fourth-order valence-electron chi connectivity index (χ4n) is 1.90. The van der Waals surface area contributed by atoms with Gasteiger partial charge in [0, 0.05) is 10.0 Å². The van der Waals surface area contributed by atoms with Crippen molar-refractivity contribution in [1.82, 2.24) is 0 Å². The Morgan fingerprint density at radius 1 is 1.14 bits per heavy atom. The second-order valence-electron chi connectivity index (χ2n) is 4.86. The number of halogens is 1. The van der Waals surface area contributed by atoms with Gasteiger partial charge in [0.15, 0.2) is 0 Å². The van der Waals surface area contributed by atoms with E-state index in [1.807, 2.05) is 55.5 Å². The van der Waals surface area contributed by atoms with Crippen LogP contribution >= 0.6 is 15.9 Å². The summed E-state index contributed by atoms with van der Waals surface area (Å²) < 4.78 is 6.84.